The summed E-state index contributed by atoms with van der Waals surface area (Å²) in [6.45, 7) is 12.0. The minimum absolute atomic E-state index is 0. The van der Waals surface area contributed by atoms with Crippen molar-refractivity contribution in [1.29, 1.82) is 0 Å². The van der Waals surface area contributed by atoms with E-state index in [0.717, 1.165) is 40.2 Å². The molecule has 3 nitrogen and oxygen atoms in total. The number of halogens is 1. The summed E-state index contributed by atoms with van der Waals surface area (Å²) in [5, 5.41) is 0. The lowest BCUT2D eigenvalue weighted by Crippen LogP contribution is -2.11. The van der Waals surface area contributed by atoms with Gasteiger partial charge in [-0.05, 0) is 48.9 Å². The smallest absolute Gasteiger partial charge is 0.127 e. The molecule has 0 unspecified atom stereocenters. The van der Waals surface area contributed by atoms with Crippen LogP contribution in [0.15, 0.2) is 54.6 Å². The lowest BCUT2D eigenvalue weighted by atomic mass is 9.85. The van der Waals surface area contributed by atoms with Gasteiger partial charge in [0.1, 0.15) is 12.4 Å². The van der Waals surface area contributed by atoms with E-state index in [2.05, 4.69) is 64.1 Å². The molecule has 3 rings (SSSR count). The fourth-order valence-electron chi connectivity index (χ4n) is 3.54. The third kappa shape index (κ3) is 5.62. The summed E-state index contributed by atoms with van der Waals surface area (Å²) in [5.41, 5.74) is 13.8. The molecule has 0 spiro atoms. The number of nitrogens with two attached hydrogens (primary N) is 1. The molecule has 30 heavy (non-hydrogen) atoms. The second kappa shape index (κ2) is 10.1. The van der Waals surface area contributed by atoms with Gasteiger partial charge in [0.2, 0.25) is 0 Å². The van der Waals surface area contributed by atoms with Gasteiger partial charge in [0.05, 0.1) is 5.69 Å². The van der Waals surface area contributed by atoms with Crippen molar-refractivity contribution < 1.29 is 4.74 Å². The highest BCUT2D eigenvalue weighted by atomic mass is 35.5. The second-order valence-corrected chi connectivity index (χ2v) is 8.66. The molecular weight excluding hydrogens is 392 g/mol. The van der Waals surface area contributed by atoms with Crippen molar-refractivity contribution in [3.8, 4) is 17.0 Å². The van der Waals surface area contributed by atoms with Crippen LogP contribution >= 0.6 is 12.4 Å². The number of rotatable bonds is 6. The predicted molar refractivity (Wildman–Crippen MR) is 129 cm³/mol. The molecule has 1 aromatic heterocycles. The molecule has 0 bridgehead atoms. The number of aromatic nitrogens is 1. The molecule has 0 aliphatic rings. The van der Waals surface area contributed by atoms with Crippen LogP contribution in [0.2, 0.25) is 0 Å². The molecule has 0 saturated heterocycles. The van der Waals surface area contributed by atoms with Crippen molar-refractivity contribution in [1.82, 2.24) is 4.98 Å². The summed E-state index contributed by atoms with van der Waals surface area (Å²) >= 11 is 0. The SMILES string of the molecule is Cc1cc(C(C)(C)C)ccc1-c1cc(OCc2ccccc2)c(CCN)c(C)n1.Cl. The monoisotopic (exact) mass is 424 g/mol. The number of nitrogens with zero attached hydrogens (tertiary/aromatic N) is 1. The molecule has 0 aliphatic carbocycles. The van der Waals surface area contributed by atoms with E-state index in [-0.39, 0.29) is 17.8 Å². The lowest BCUT2D eigenvalue weighted by Gasteiger charge is -2.21. The standard InChI is InChI=1S/C26H32N2O.ClH/c1-18-15-21(26(3,4)5)11-12-22(18)24-16-25(23(13-14-27)19(2)28-24)29-17-20-9-7-6-8-10-20;/h6-12,15-16H,13-14,17,27H2,1-5H3;1H. The van der Waals surface area contributed by atoms with Crippen molar-refractivity contribution in [2.75, 3.05) is 6.54 Å². The zero-order chi connectivity index (χ0) is 21.0. The van der Waals surface area contributed by atoms with Gasteiger partial charge in [-0.25, -0.2) is 0 Å². The van der Waals surface area contributed by atoms with Crippen LogP contribution in [0.5, 0.6) is 5.75 Å². The van der Waals surface area contributed by atoms with Crippen LogP contribution in [0.25, 0.3) is 11.3 Å². The maximum absolute atomic E-state index is 6.24. The van der Waals surface area contributed by atoms with E-state index < -0.39 is 0 Å². The zero-order valence-electron chi connectivity index (χ0n) is 18.7. The molecule has 2 aromatic carbocycles. The fraction of sp³-hybridized carbons (Fsp3) is 0.346. The molecule has 1 heterocycles. The van der Waals surface area contributed by atoms with E-state index in [1.54, 1.807) is 0 Å². The van der Waals surface area contributed by atoms with E-state index >= 15 is 0 Å². The Bertz CT molecular complexity index is 978. The summed E-state index contributed by atoms with van der Waals surface area (Å²) in [6, 6.07) is 19.0. The first-order valence-electron chi connectivity index (χ1n) is 10.3. The second-order valence-electron chi connectivity index (χ2n) is 8.66. The first-order valence-corrected chi connectivity index (χ1v) is 10.3. The predicted octanol–water partition coefficient (Wildman–Crippen LogP) is 6.16. The number of benzene rings is 2. The average Bonchev–Trinajstić information content (AvgIpc) is 2.68. The van der Waals surface area contributed by atoms with Crippen LogP contribution in [0.1, 0.15) is 48.7 Å². The van der Waals surface area contributed by atoms with Crippen LogP contribution in [0.3, 0.4) is 0 Å². The van der Waals surface area contributed by atoms with Crippen molar-refractivity contribution >= 4 is 12.4 Å². The number of aryl methyl sites for hydroxylation is 2. The molecule has 3 aromatic rings. The molecule has 0 radical (unpaired) electrons. The van der Waals surface area contributed by atoms with Gasteiger partial charge in [-0.3, -0.25) is 4.98 Å². The third-order valence-electron chi connectivity index (χ3n) is 5.29. The molecule has 0 fully saturated rings. The number of pyridine rings is 1. The van der Waals surface area contributed by atoms with E-state index in [1.807, 2.05) is 25.1 Å². The first-order chi connectivity index (χ1) is 13.8. The molecular formula is C26H33ClN2O. The molecule has 0 saturated carbocycles. The quantitative estimate of drug-likeness (QED) is 0.515. The topological polar surface area (TPSA) is 48.1 Å². The molecule has 4 heteroatoms. The summed E-state index contributed by atoms with van der Waals surface area (Å²) in [4.78, 5) is 4.89. The fourth-order valence-corrected chi connectivity index (χ4v) is 3.54. The molecule has 0 amide bonds. The van der Waals surface area contributed by atoms with Gasteiger partial charge < -0.3 is 10.5 Å². The minimum Gasteiger partial charge on any atom is -0.488 e. The van der Waals surface area contributed by atoms with Crippen molar-refractivity contribution in [2.24, 2.45) is 5.73 Å². The number of ether oxygens (including phenoxy) is 1. The van der Waals surface area contributed by atoms with Gasteiger partial charge >= 0.3 is 0 Å². The van der Waals surface area contributed by atoms with Crippen molar-refractivity contribution in [2.45, 2.75) is 53.1 Å². The summed E-state index contributed by atoms with van der Waals surface area (Å²) in [7, 11) is 0. The Hall–Kier alpha value is -2.36. The minimum atomic E-state index is 0. The van der Waals surface area contributed by atoms with Crippen LogP contribution in [-0.4, -0.2) is 11.5 Å². The lowest BCUT2D eigenvalue weighted by molar-refractivity contribution is 0.302. The van der Waals surface area contributed by atoms with Gasteiger partial charge in [-0.2, -0.15) is 0 Å². The largest absolute Gasteiger partial charge is 0.488 e. The Balaban J connectivity index is 0.00000320. The molecule has 0 atom stereocenters. The zero-order valence-corrected chi connectivity index (χ0v) is 19.5. The Morgan fingerprint density at radius 3 is 2.27 bits per heavy atom. The Kier molecular flexibility index (Phi) is 8.05. The molecule has 2 N–H and O–H groups in total. The molecule has 160 valence electrons. The van der Waals surface area contributed by atoms with Crippen LogP contribution < -0.4 is 10.5 Å². The summed E-state index contributed by atoms with van der Waals surface area (Å²) < 4.78 is 6.24. The Labute approximate surface area is 187 Å². The maximum atomic E-state index is 6.24. The first kappa shape index (κ1) is 23.9. The van der Waals surface area contributed by atoms with Gasteiger partial charge in [0.25, 0.3) is 0 Å². The Morgan fingerprint density at radius 1 is 0.967 bits per heavy atom. The van der Waals surface area contributed by atoms with Crippen molar-refractivity contribution in [3.63, 3.8) is 0 Å². The Morgan fingerprint density at radius 2 is 1.67 bits per heavy atom. The number of hydrogen-bond acceptors (Lipinski definition) is 3. The van der Waals surface area contributed by atoms with Gasteiger partial charge in [0.15, 0.2) is 0 Å². The van der Waals surface area contributed by atoms with E-state index in [0.29, 0.717) is 13.2 Å². The summed E-state index contributed by atoms with van der Waals surface area (Å²) in [6.07, 6.45) is 0.755. The highest BCUT2D eigenvalue weighted by molar-refractivity contribution is 5.85. The third-order valence-corrected chi connectivity index (χ3v) is 5.29. The van der Waals surface area contributed by atoms with E-state index in [4.69, 9.17) is 15.5 Å². The van der Waals surface area contributed by atoms with Crippen LogP contribution in [-0.2, 0) is 18.4 Å². The average molecular weight is 425 g/mol. The highest BCUT2D eigenvalue weighted by Gasteiger charge is 2.17. The van der Waals surface area contributed by atoms with Gasteiger partial charge in [-0.15, -0.1) is 12.4 Å². The molecule has 0 aliphatic heterocycles. The highest BCUT2D eigenvalue weighted by Crippen LogP contribution is 2.32. The van der Waals surface area contributed by atoms with Crippen LogP contribution in [0.4, 0.5) is 0 Å². The normalized spacial score (nSPS) is 11.1. The van der Waals surface area contributed by atoms with E-state index in [1.165, 1.54) is 11.1 Å². The van der Waals surface area contributed by atoms with Crippen LogP contribution in [0, 0.1) is 13.8 Å². The summed E-state index contributed by atoms with van der Waals surface area (Å²) in [5.74, 6) is 0.876. The van der Waals surface area contributed by atoms with Gasteiger partial charge in [-0.1, -0.05) is 69.3 Å². The van der Waals surface area contributed by atoms with Gasteiger partial charge in [0, 0.05) is 22.9 Å². The van der Waals surface area contributed by atoms with Crippen molar-refractivity contribution in [3.05, 3.63) is 82.5 Å². The van der Waals surface area contributed by atoms with E-state index in [9.17, 15) is 0 Å². The maximum Gasteiger partial charge on any atom is 0.127 e. The number of hydrogen-bond donors (Lipinski definition) is 1.